The van der Waals surface area contributed by atoms with Gasteiger partial charge in [0.2, 0.25) is 0 Å². The Morgan fingerprint density at radius 3 is 2.62 bits per heavy atom. The van der Waals surface area contributed by atoms with Gasteiger partial charge in [-0.1, -0.05) is 20.8 Å². The Hall–Kier alpha value is -2.32. The smallest absolute Gasteiger partial charge is 0.266 e. The summed E-state index contributed by atoms with van der Waals surface area (Å²) in [6.45, 7) is 12.8. The molecule has 29 heavy (non-hydrogen) atoms. The van der Waals surface area contributed by atoms with E-state index in [-0.39, 0.29) is 11.0 Å². The Bertz CT molecular complexity index is 912. The fourth-order valence-electron chi connectivity index (χ4n) is 3.85. The number of ether oxygens (including phenoxy) is 1. The molecular formula is C21H30N6O2. The second-order valence-corrected chi connectivity index (χ2v) is 8.78. The lowest BCUT2D eigenvalue weighted by molar-refractivity contribution is 0.109. The van der Waals surface area contributed by atoms with Crippen molar-refractivity contribution in [2.24, 2.45) is 0 Å². The highest BCUT2D eigenvalue weighted by molar-refractivity contribution is 5.49. The highest BCUT2D eigenvalue weighted by Crippen LogP contribution is 2.25. The van der Waals surface area contributed by atoms with Crippen LogP contribution in [0.5, 0.6) is 0 Å². The number of rotatable bonds is 4. The van der Waals surface area contributed by atoms with Gasteiger partial charge in [0.25, 0.3) is 5.56 Å². The van der Waals surface area contributed by atoms with Crippen LogP contribution in [0.15, 0.2) is 23.3 Å². The molecular weight excluding hydrogens is 368 g/mol. The van der Waals surface area contributed by atoms with E-state index >= 15 is 0 Å². The molecule has 156 valence electrons. The van der Waals surface area contributed by atoms with E-state index in [2.05, 4.69) is 45.6 Å². The van der Waals surface area contributed by atoms with Crippen LogP contribution in [-0.2, 0) is 29.7 Å². The van der Waals surface area contributed by atoms with E-state index in [1.807, 2.05) is 6.07 Å². The van der Waals surface area contributed by atoms with Crippen molar-refractivity contribution in [2.75, 3.05) is 44.2 Å². The van der Waals surface area contributed by atoms with Crippen molar-refractivity contribution < 1.29 is 4.74 Å². The van der Waals surface area contributed by atoms with Crippen LogP contribution in [0.1, 0.15) is 37.7 Å². The van der Waals surface area contributed by atoms with Crippen molar-refractivity contribution in [3.8, 4) is 0 Å². The van der Waals surface area contributed by atoms with Crippen LogP contribution in [0.4, 0.5) is 5.82 Å². The fraction of sp³-hybridized carbons (Fsp3) is 0.619. The Balaban J connectivity index is 1.36. The molecule has 2 aromatic heterocycles. The maximum atomic E-state index is 12.2. The van der Waals surface area contributed by atoms with Crippen molar-refractivity contribution in [3.63, 3.8) is 0 Å². The summed E-state index contributed by atoms with van der Waals surface area (Å²) in [6.07, 6.45) is 2.53. The molecule has 0 saturated carbocycles. The zero-order valence-corrected chi connectivity index (χ0v) is 17.6. The summed E-state index contributed by atoms with van der Waals surface area (Å²) >= 11 is 0. The highest BCUT2D eigenvalue weighted by Gasteiger charge is 2.24. The van der Waals surface area contributed by atoms with E-state index in [4.69, 9.17) is 4.74 Å². The van der Waals surface area contributed by atoms with E-state index < -0.39 is 0 Å². The minimum absolute atomic E-state index is 0.0377. The van der Waals surface area contributed by atoms with Gasteiger partial charge in [0.05, 0.1) is 31.1 Å². The molecule has 2 aromatic rings. The van der Waals surface area contributed by atoms with Crippen LogP contribution in [0, 0.1) is 0 Å². The maximum absolute atomic E-state index is 12.2. The predicted molar refractivity (Wildman–Crippen MR) is 111 cm³/mol. The zero-order chi connectivity index (χ0) is 20.4. The first kappa shape index (κ1) is 20.0. The largest absolute Gasteiger partial charge is 0.376 e. The number of fused-ring (bicyclic) bond motifs is 1. The lowest BCUT2D eigenvalue weighted by atomic mass is 9.92. The molecule has 0 atom stereocenters. The van der Waals surface area contributed by atoms with Gasteiger partial charge in [-0.15, -0.1) is 0 Å². The zero-order valence-electron chi connectivity index (χ0n) is 17.6. The van der Waals surface area contributed by atoms with Gasteiger partial charge in [0.15, 0.2) is 0 Å². The third-order valence-electron chi connectivity index (χ3n) is 5.68. The first-order valence-electron chi connectivity index (χ1n) is 10.4. The Kier molecular flexibility index (Phi) is 5.65. The summed E-state index contributed by atoms with van der Waals surface area (Å²) in [7, 11) is 0. The quantitative estimate of drug-likeness (QED) is 0.767. The summed E-state index contributed by atoms with van der Waals surface area (Å²) < 4.78 is 7.23. The minimum Gasteiger partial charge on any atom is -0.376 e. The maximum Gasteiger partial charge on any atom is 0.266 e. The molecule has 0 bridgehead atoms. The number of piperazine rings is 1. The SMILES string of the molecule is CC(C)(C)c1ccc(=O)n(CCN2CCN(c3ncnc4c3COCC4)CC2)n1. The first-order chi connectivity index (χ1) is 13.9. The van der Waals surface area contributed by atoms with E-state index in [1.54, 1.807) is 17.1 Å². The second kappa shape index (κ2) is 8.20. The van der Waals surface area contributed by atoms with Crippen LogP contribution in [-0.4, -0.2) is 64.0 Å². The molecule has 0 unspecified atom stereocenters. The molecule has 2 aliphatic heterocycles. The summed E-state index contributed by atoms with van der Waals surface area (Å²) in [5.41, 5.74) is 3.10. The molecule has 1 saturated heterocycles. The monoisotopic (exact) mass is 398 g/mol. The van der Waals surface area contributed by atoms with Gasteiger partial charge in [-0.05, 0) is 6.07 Å². The molecule has 0 amide bonds. The van der Waals surface area contributed by atoms with Crippen LogP contribution in [0.2, 0.25) is 0 Å². The van der Waals surface area contributed by atoms with Gasteiger partial charge < -0.3 is 9.64 Å². The molecule has 0 aliphatic carbocycles. The second-order valence-electron chi connectivity index (χ2n) is 8.78. The molecule has 0 N–H and O–H groups in total. The number of anilines is 1. The summed E-state index contributed by atoms with van der Waals surface area (Å²) in [4.78, 5) is 25.9. The van der Waals surface area contributed by atoms with E-state index in [0.29, 0.717) is 13.2 Å². The Morgan fingerprint density at radius 2 is 1.86 bits per heavy atom. The van der Waals surface area contributed by atoms with Crippen LogP contribution in [0.3, 0.4) is 0 Å². The van der Waals surface area contributed by atoms with E-state index in [0.717, 1.165) is 68.5 Å². The lowest BCUT2D eigenvalue weighted by Gasteiger charge is -2.36. The number of hydrogen-bond donors (Lipinski definition) is 0. The summed E-state index contributed by atoms with van der Waals surface area (Å²) in [5.74, 6) is 1.02. The standard InChI is InChI=1S/C21H30N6O2/c1-21(2,3)18-4-5-19(28)27(24-18)12-9-25-7-10-26(11-8-25)20-16-14-29-13-6-17(16)22-15-23-20/h4-5,15H,6-14H2,1-3H3. The third-order valence-corrected chi connectivity index (χ3v) is 5.68. The number of aromatic nitrogens is 4. The number of nitrogens with zero attached hydrogens (tertiary/aromatic N) is 6. The van der Waals surface area contributed by atoms with Crippen molar-refractivity contribution in [3.05, 3.63) is 45.8 Å². The van der Waals surface area contributed by atoms with Crippen LogP contribution >= 0.6 is 0 Å². The molecule has 4 rings (SSSR count). The van der Waals surface area contributed by atoms with Gasteiger partial charge >= 0.3 is 0 Å². The molecule has 2 aliphatic rings. The van der Waals surface area contributed by atoms with Crippen LogP contribution in [0.25, 0.3) is 0 Å². The Morgan fingerprint density at radius 1 is 1.07 bits per heavy atom. The average molecular weight is 399 g/mol. The fourth-order valence-corrected chi connectivity index (χ4v) is 3.85. The van der Waals surface area contributed by atoms with Crippen LogP contribution < -0.4 is 10.5 Å². The van der Waals surface area contributed by atoms with Gasteiger partial charge in [0, 0.05) is 56.2 Å². The molecule has 0 spiro atoms. The molecule has 8 nitrogen and oxygen atoms in total. The predicted octanol–water partition coefficient (Wildman–Crippen LogP) is 1.23. The lowest BCUT2D eigenvalue weighted by Crippen LogP contribution is -2.48. The van der Waals surface area contributed by atoms with Crippen molar-refractivity contribution in [1.82, 2.24) is 24.6 Å². The molecule has 8 heteroatoms. The molecule has 0 radical (unpaired) electrons. The average Bonchev–Trinajstić information content (AvgIpc) is 2.72. The van der Waals surface area contributed by atoms with Gasteiger partial charge in [-0.3, -0.25) is 9.69 Å². The van der Waals surface area contributed by atoms with Gasteiger partial charge in [0.1, 0.15) is 12.1 Å². The third kappa shape index (κ3) is 4.48. The van der Waals surface area contributed by atoms with Crippen molar-refractivity contribution >= 4 is 5.82 Å². The van der Waals surface area contributed by atoms with E-state index in [1.165, 1.54) is 0 Å². The summed E-state index contributed by atoms with van der Waals surface area (Å²) in [6, 6.07) is 3.47. The highest BCUT2D eigenvalue weighted by atomic mass is 16.5. The normalized spacial score (nSPS) is 18.0. The topological polar surface area (TPSA) is 76.4 Å². The molecule has 4 heterocycles. The van der Waals surface area contributed by atoms with Gasteiger partial charge in [-0.2, -0.15) is 5.10 Å². The Labute approximate surface area is 171 Å². The number of hydrogen-bond acceptors (Lipinski definition) is 7. The van der Waals surface area contributed by atoms with E-state index in [9.17, 15) is 4.79 Å². The van der Waals surface area contributed by atoms with Gasteiger partial charge in [-0.25, -0.2) is 14.6 Å². The minimum atomic E-state index is -0.0680. The van der Waals surface area contributed by atoms with Crippen molar-refractivity contribution in [1.29, 1.82) is 0 Å². The molecule has 0 aromatic carbocycles. The molecule has 1 fully saturated rings. The summed E-state index contributed by atoms with van der Waals surface area (Å²) in [5, 5.41) is 4.57. The van der Waals surface area contributed by atoms with Crippen molar-refractivity contribution in [2.45, 2.75) is 45.8 Å². The first-order valence-corrected chi connectivity index (χ1v) is 10.4.